The number of benzene rings is 1. The molecular weight excluding hydrogens is 430 g/mol. The number of anilines is 2. The first-order chi connectivity index (χ1) is 15.2. The highest BCUT2D eigenvalue weighted by Gasteiger charge is 2.19. The number of hydrogen-bond donors (Lipinski definition) is 2. The molecule has 1 aliphatic heterocycles. The number of nitrogens with zero attached hydrogens (tertiary/aromatic N) is 5. The second-order valence-electron chi connectivity index (χ2n) is 6.84. The third kappa shape index (κ3) is 5.87. The Balaban J connectivity index is 1.57. The van der Waals surface area contributed by atoms with Gasteiger partial charge in [0, 0.05) is 45.2 Å². The molecule has 160 valence electrons. The summed E-state index contributed by atoms with van der Waals surface area (Å²) in [5, 5.41) is 8.00. The van der Waals surface area contributed by atoms with Crippen LogP contribution in [0.5, 0.6) is 0 Å². The average molecular weight is 454 g/mol. The third-order valence-electron chi connectivity index (χ3n) is 4.70. The lowest BCUT2D eigenvalue weighted by Crippen LogP contribution is -2.33. The SMILES string of the molecule is COCCNC(=S)Nc1nc(Sc2ncccn2)cc(N2CCc3ccccc3C2)n1. The van der Waals surface area contributed by atoms with Crippen molar-refractivity contribution in [3.8, 4) is 0 Å². The Morgan fingerprint density at radius 3 is 2.77 bits per heavy atom. The van der Waals surface area contributed by atoms with Crippen molar-refractivity contribution < 1.29 is 4.74 Å². The van der Waals surface area contributed by atoms with E-state index in [1.54, 1.807) is 25.6 Å². The number of nitrogens with one attached hydrogen (secondary N) is 2. The topological polar surface area (TPSA) is 88.1 Å². The summed E-state index contributed by atoms with van der Waals surface area (Å²) < 4.78 is 5.05. The van der Waals surface area contributed by atoms with Gasteiger partial charge in [-0.05, 0) is 47.6 Å². The zero-order valence-corrected chi connectivity index (χ0v) is 18.7. The van der Waals surface area contributed by atoms with Gasteiger partial charge >= 0.3 is 0 Å². The molecule has 0 amide bonds. The van der Waals surface area contributed by atoms with Crippen molar-refractivity contribution in [1.29, 1.82) is 0 Å². The minimum atomic E-state index is 0.435. The Kier molecular flexibility index (Phi) is 7.23. The zero-order valence-electron chi connectivity index (χ0n) is 17.1. The van der Waals surface area contributed by atoms with Crippen molar-refractivity contribution >= 4 is 40.9 Å². The molecule has 8 nitrogen and oxygen atoms in total. The number of hydrogen-bond acceptors (Lipinski definition) is 8. The number of thiocarbonyl (C=S) groups is 1. The Bertz CT molecular complexity index is 1040. The maximum atomic E-state index is 5.37. The quantitative estimate of drug-likeness (QED) is 0.241. The molecule has 0 saturated heterocycles. The van der Waals surface area contributed by atoms with Crippen molar-refractivity contribution in [2.45, 2.75) is 23.1 Å². The molecule has 10 heteroatoms. The predicted octanol–water partition coefficient (Wildman–Crippen LogP) is 2.91. The molecule has 31 heavy (non-hydrogen) atoms. The molecule has 1 aliphatic rings. The fraction of sp³-hybridized carbons (Fsp3) is 0.286. The second-order valence-corrected chi connectivity index (χ2v) is 8.23. The molecule has 0 unspecified atom stereocenters. The fourth-order valence-corrected chi connectivity index (χ4v) is 4.12. The standard InChI is InChI=1S/C21H23N7OS2/c1-29-12-10-22-20(30)27-19-25-17(13-18(26-19)31-21-23-8-4-9-24-21)28-11-7-15-5-2-3-6-16(15)14-28/h2-6,8-9,13H,7,10-12,14H2,1H3,(H2,22,25,26,27,30). The summed E-state index contributed by atoms with van der Waals surface area (Å²) in [6.07, 6.45) is 4.41. The van der Waals surface area contributed by atoms with E-state index in [0.29, 0.717) is 29.4 Å². The van der Waals surface area contributed by atoms with E-state index in [4.69, 9.17) is 21.9 Å². The van der Waals surface area contributed by atoms with Gasteiger partial charge in [0.2, 0.25) is 5.95 Å². The molecule has 0 saturated carbocycles. The number of rotatable bonds is 7. The van der Waals surface area contributed by atoms with E-state index in [1.807, 2.05) is 6.07 Å². The van der Waals surface area contributed by atoms with E-state index >= 15 is 0 Å². The summed E-state index contributed by atoms with van der Waals surface area (Å²) in [6, 6.07) is 12.3. The van der Waals surface area contributed by atoms with Crippen LogP contribution in [0.3, 0.4) is 0 Å². The van der Waals surface area contributed by atoms with Crippen molar-refractivity contribution in [2.75, 3.05) is 37.0 Å². The van der Waals surface area contributed by atoms with E-state index in [-0.39, 0.29) is 0 Å². The van der Waals surface area contributed by atoms with Gasteiger partial charge in [0.1, 0.15) is 10.8 Å². The molecule has 0 bridgehead atoms. The number of methoxy groups -OCH3 is 1. The minimum absolute atomic E-state index is 0.435. The number of ether oxygens (including phenoxy) is 1. The molecule has 0 fully saturated rings. The van der Waals surface area contributed by atoms with Gasteiger partial charge in [-0.3, -0.25) is 0 Å². The average Bonchev–Trinajstić information content (AvgIpc) is 2.79. The van der Waals surface area contributed by atoms with Crippen LogP contribution in [0.15, 0.2) is 59.0 Å². The molecule has 0 aliphatic carbocycles. The highest BCUT2D eigenvalue weighted by Crippen LogP contribution is 2.29. The van der Waals surface area contributed by atoms with E-state index < -0.39 is 0 Å². The van der Waals surface area contributed by atoms with Crippen molar-refractivity contribution in [2.24, 2.45) is 0 Å². The van der Waals surface area contributed by atoms with Crippen LogP contribution in [0.2, 0.25) is 0 Å². The van der Waals surface area contributed by atoms with Gasteiger partial charge in [0.15, 0.2) is 10.3 Å². The first-order valence-corrected chi connectivity index (χ1v) is 11.1. The number of aromatic nitrogens is 4. The van der Waals surface area contributed by atoms with E-state index in [0.717, 1.165) is 30.4 Å². The molecule has 1 aromatic carbocycles. The summed E-state index contributed by atoms with van der Waals surface area (Å²) in [4.78, 5) is 20.2. The molecule has 0 atom stereocenters. The Labute approximate surface area is 190 Å². The van der Waals surface area contributed by atoms with Crippen LogP contribution in [0.25, 0.3) is 0 Å². The van der Waals surface area contributed by atoms with Gasteiger partial charge in [-0.2, -0.15) is 4.98 Å². The lowest BCUT2D eigenvalue weighted by atomic mass is 10.00. The third-order valence-corrected chi connectivity index (χ3v) is 5.76. The van der Waals surface area contributed by atoms with Crippen molar-refractivity contribution in [1.82, 2.24) is 25.3 Å². The highest BCUT2D eigenvalue weighted by molar-refractivity contribution is 7.99. The minimum Gasteiger partial charge on any atom is -0.383 e. The van der Waals surface area contributed by atoms with Crippen LogP contribution in [0, 0.1) is 0 Å². The molecule has 0 radical (unpaired) electrons. The number of fused-ring (bicyclic) bond motifs is 1. The van der Waals surface area contributed by atoms with E-state index in [1.165, 1.54) is 22.9 Å². The van der Waals surface area contributed by atoms with Crippen LogP contribution in [-0.4, -0.2) is 51.9 Å². The summed E-state index contributed by atoms with van der Waals surface area (Å²) in [7, 11) is 1.65. The highest BCUT2D eigenvalue weighted by atomic mass is 32.2. The van der Waals surface area contributed by atoms with Crippen LogP contribution >= 0.6 is 24.0 Å². The zero-order chi connectivity index (χ0) is 21.5. The van der Waals surface area contributed by atoms with Crippen LogP contribution in [0.1, 0.15) is 11.1 Å². The second kappa shape index (κ2) is 10.5. The van der Waals surface area contributed by atoms with Crippen molar-refractivity contribution in [3.63, 3.8) is 0 Å². The molecule has 3 aromatic rings. The maximum absolute atomic E-state index is 5.37. The van der Waals surface area contributed by atoms with Gasteiger partial charge in [-0.1, -0.05) is 24.3 Å². The van der Waals surface area contributed by atoms with Crippen molar-refractivity contribution in [3.05, 3.63) is 59.9 Å². The lowest BCUT2D eigenvalue weighted by molar-refractivity contribution is 0.204. The van der Waals surface area contributed by atoms with E-state index in [9.17, 15) is 0 Å². The molecule has 2 aromatic heterocycles. The van der Waals surface area contributed by atoms with Crippen LogP contribution < -0.4 is 15.5 Å². The Morgan fingerprint density at radius 1 is 1.16 bits per heavy atom. The van der Waals surface area contributed by atoms with Gasteiger partial charge in [0.05, 0.1) is 6.61 Å². The normalized spacial score (nSPS) is 12.9. The predicted molar refractivity (Wildman–Crippen MR) is 125 cm³/mol. The summed E-state index contributed by atoms with van der Waals surface area (Å²) >= 11 is 6.76. The lowest BCUT2D eigenvalue weighted by Gasteiger charge is -2.30. The monoisotopic (exact) mass is 453 g/mol. The summed E-state index contributed by atoms with van der Waals surface area (Å²) in [5.74, 6) is 1.27. The smallest absolute Gasteiger partial charge is 0.232 e. The fourth-order valence-electron chi connectivity index (χ4n) is 3.22. The maximum Gasteiger partial charge on any atom is 0.232 e. The van der Waals surface area contributed by atoms with E-state index in [2.05, 4.69) is 54.8 Å². The summed E-state index contributed by atoms with van der Waals surface area (Å²) in [6.45, 7) is 2.85. The van der Waals surface area contributed by atoms with Gasteiger partial charge in [-0.15, -0.1) is 0 Å². The molecular formula is C21H23N7OS2. The molecule has 3 heterocycles. The first kappa shape index (κ1) is 21.4. The Morgan fingerprint density at radius 2 is 1.97 bits per heavy atom. The first-order valence-electron chi connectivity index (χ1n) is 9.91. The largest absolute Gasteiger partial charge is 0.383 e. The van der Waals surface area contributed by atoms with Gasteiger partial charge in [-0.25, -0.2) is 15.0 Å². The molecule has 2 N–H and O–H groups in total. The summed E-state index contributed by atoms with van der Waals surface area (Å²) in [5.41, 5.74) is 2.71. The molecule has 4 rings (SSSR count). The van der Waals surface area contributed by atoms with Gasteiger partial charge in [0.25, 0.3) is 0 Å². The van der Waals surface area contributed by atoms with Crippen LogP contribution in [-0.2, 0) is 17.7 Å². The Hall–Kier alpha value is -2.82. The van der Waals surface area contributed by atoms with Crippen LogP contribution in [0.4, 0.5) is 11.8 Å². The molecule has 0 spiro atoms. The van der Waals surface area contributed by atoms with Gasteiger partial charge < -0.3 is 20.3 Å².